The summed E-state index contributed by atoms with van der Waals surface area (Å²) in [7, 11) is 1.71. The molecule has 1 aromatic rings. The summed E-state index contributed by atoms with van der Waals surface area (Å²) in [6.45, 7) is 10.1. The summed E-state index contributed by atoms with van der Waals surface area (Å²) in [6.07, 6.45) is 0. The van der Waals surface area contributed by atoms with Crippen molar-refractivity contribution in [2.45, 2.75) is 33.1 Å². The van der Waals surface area contributed by atoms with Gasteiger partial charge in [0.15, 0.2) is 0 Å². The highest BCUT2D eigenvalue weighted by Crippen LogP contribution is 2.31. The van der Waals surface area contributed by atoms with E-state index in [4.69, 9.17) is 10.5 Å². The van der Waals surface area contributed by atoms with Crippen molar-refractivity contribution < 1.29 is 4.74 Å². The third kappa shape index (κ3) is 2.99. The Hall–Kier alpha value is -1.06. The van der Waals surface area contributed by atoms with Gasteiger partial charge in [0.25, 0.3) is 0 Å². The minimum atomic E-state index is 0.0699. The highest BCUT2D eigenvalue weighted by Gasteiger charge is 2.23. The van der Waals surface area contributed by atoms with Crippen LogP contribution in [0.25, 0.3) is 0 Å². The second-order valence-corrected chi connectivity index (χ2v) is 5.08. The molecule has 0 radical (unpaired) electrons. The zero-order valence-electron chi connectivity index (χ0n) is 11.6. The first-order valence-electron chi connectivity index (χ1n) is 5.99. The van der Waals surface area contributed by atoms with Crippen LogP contribution in [0.5, 0.6) is 5.75 Å². The molecule has 0 unspecified atom stereocenters. The Bertz CT molecular complexity index is 386. The van der Waals surface area contributed by atoms with Crippen molar-refractivity contribution >= 4 is 0 Å². The zero-order valence-corrected chi connectivity index (χ0v) is 11.6. The third-order valence-electron chi connectivity index (χ3n) is 3.40. The Labute approximate surface area is 104 Å². The Morgan fingerprint density at radius 1 is 1.24 bits per heavy atom. The first-order chi connectivity index (χ1) is 7.94. The standard InChI is InChI=1S/C14H24N2O/c1-10-11(2)13(17-5)7-6-12(10)14(3,4)8-16-9-15/h6-7,16H,8-9,15H2,1-5H3. The maximum atomic E-state index is 5.50. The van der Waals surface area contributed by atoms with Gasteiger partial charge in [0.1, 0.15) is 5.75 Å². The number of nitrogens with one attached hydrogen (secondary N) is 1. The third-order valence-corrected chi connectivity index (χ3v) is 3.40. The Kier molecular flexibility index (Phi) is 4.54. The first kappa shape index (κ1) is 14.0. The average molecular weight is 236 g/mol. The molecule has 3 N–H and O–H groups in total. The van der Waals surface area contributed by atoms with Crippen LogP contribution in [-0.4, -0.2) is 20.3 Å². The van der Waals surface area contributed by atoms with E-state index in [9.17, 15) is 0 Å². The van der Waals surface area contributed by atoms with Gasteiger partial charge in [-0.25, -0.2) is 0 Å². The van der Waals surface area contributed by atoms with Gasteiger partial charge in [-0.2, -0.15) is 0 Å². The second kappa shape index (κ2) is 5.52. The fourth-order valence-electron chi connectivity index (χ4n) is 2.23. The Morgan fingerprint density at radius 3 is 2.41 bits per heavy atom. The van der Waals surface area contributed by atoms with E-state index in [0.29, 0.717) is 6.67 Å². The van der Waals surface area contributed by atoms with Gasteiger partial charge >= 0.3 is 0 Å². The SMILES string of the molecule is COc1ccc(C(C)(C)CNCN)c(C)c1C. The Balaban J connectivity index is 3.10. The number of hydrogen-bond donors (Lipinski definition) is 2. The monoisotopic (exact) mass is 236 g/mol. The van der Waals surface area contributed by atoms with E-state index in [1.165, 1.54) is 16.7 Å². The molecule has 0 amide bonds. The van der Waals surface area contributed by atoms with Crippen LogP contribution in [0.4, 0.5) is 0 Å². The molecule has 3 heteroatoms. The maximum absolute atomic E-state index is 5.50. The van der Waals surface area contributed by atoms with Crippen molar-refractivity contribution in [3.63, 3.8) is 0 Å². The van der Waals surface area contributed by atoms with E-state index in [-0.39, 0.29) is 5.41 Å². The molecule has 0 saturated heterocycles. The van der Waals surface area contributed by atoms with Crippen LogP contribution in [-0.2, 0) is 5.41 Å². The summed E-state index contributed by atoms with van der Waals surface area (Å²) in [5.74, 6) is 0.953. The number of benzene rings is 1. The van der Waals surface area contributed by atoms with E-state index in [1.807, 2.05) is 6.07 Å². The average Bonchev–Trinajstić information content (AvgIpc) is 2.29. The molecule has 0 saturated carbocycles. The Morgan fingerprint density at radius 2 is 1.88 bits per heavy atom. The molecule has 0 aliphatic carbocycles. The maximum Gasteiger partial charge on any atom is 0.122 e. The summed E-state index contributed by atoms with van der Waals surface area (Å²) in [6, 6.07) is 4.20. The highest BCUT2D eigenvalue weighted by molar-refractivity contribution is 5.46. The van der Waals surface area contributed by atoms with Gasteiger partial charge in [0.05, 0.1) is 7.11 Å². The van der Waals surface area contributed by atoms with Gasteiger partial charge in [-0.3, -0.25) is 0 Å². The topological polar surface area (TPSA) is 47.3 Å². The van der Waals surface area contributed by atoms with Crippen molar-refractivity contribution in [1.82, 2.24) is 5.32 Å². The predicted octanol–water partition coefficient (Wildman–Crippen LogP) is 2.10. The molecule has 3 nitrogen and oxygen atoms in total. The van der Waals surface area contributed by atoms with E-state index in [1.54, 1.807) is 7.11 Å². The number of hydrogen-bond acceptors (Lipinski definition) is 3. The number of rotatable bonds is 5. The van der Waals surface area contributed by atoms with Crippen molar-refractivity contribution in [2.75, 3.05) is 20.3 Å². The van der Waals surface area contributed by atoms with Gasteiger partial charge in [-0.05, 0) is 36.6 Å². The number of nitrogens with two attached hydrogens (primary N) is 1. The minimum Gasteiger partial charge on any atom is -0.496 e. The van der Waals surface area contributed by atoms with E-state index >= 15 is 0 Å². The molecular weight excluding hydrogens is 212 g/mol. The van der Waals surface area contributed by atoms with E-state index in [0.717, 1.165) is 12.3 Å². The second-order valence-electron chi connectivity index (χ2n) is 5.08. The van der Waals surface area contributed by atoms with Crippen molar-refractivity contribution in [3.05, 3.63) is 28.8 Å². The van der Waals surface area contributed by atoms with Crippen LogP contribution in [0.2, 0.25) is 0 Å². The molecule has 0 atom stereocenters. The van der Waals surface area contributed by atoms with Crippen LogP contribution < -0.4 is 15.8 Å². The molecule has 96 valence electrons. The van der Waals surface area contributed by atoms with Gasteiger partial charge in [0.2, 0.25) is 0 Å². The van der Waals surface area contributed by atoms with E-state index < -0.39 is 0 Å². The van der Waals surface area contributed by atoms with Crippen molar-refractivity contribution in [1.29, 1.82) is 0 Å². The summed E-state index contributed by atoms with van der Waals surface area (Å²) in [4.78, 5) is 0. The predicted molar refractivity (Wildman–Crippen MR) is 72.6 cm³/mol. The molecule has 0 aromatic heterocycles. The number of ether oxygens (including phenoxy) is 1. The summed E-state index contributed by atoms with van der Waals surface area (Å²) < 4.78 is 5.34. The summed E-state index contributed by atoms with van der Waals surface area (Å²) in [5.41, 5.74) is 9.42. The molecule has 0 bridgehead atoms. The summed E-state index contributed by atoms with van der Waals surface area (Å²) in [5, 5.41) is 3.21. The first-order valence-corrected chi connectivity index (χ1v) is 5.99. The smallest absolute Gasteiger partial charge is 0.122 e. The fraction of sp³-hybridized carbons (Fsp3) is 0.571. The molecule has 0 heterocycles. The largest absolute Gasteiger partial charge is 0.496 e. The van der Waals surface area contributed by atoms with Crippen LogP contribution in [0, 0.1) is 13.8 Å². The quantitative estimate of drug-likeness (QED) is 0.770. The highest BCUT2D eigenvalue weighted by atomic mass is 16.5. The lowest BCUT2D eigenvalue weighted by atomic mass is 9.80. The van der Waals surface area contributed by atoms with Gasteiger partial charge < -0.3 is 15.8 Å². The van der Waals surface area contributed by atoms with Gasteiger partial charge in [-0.15, -0.1) is 0 Å². The molecule has 17 heavy (non-hydrogen) atoms. The molecular formula is C14H24N2O. The van der Waals surface area contributed by atoms with Crippen LogP contribution in [0.3, 0.4) is 0 Å². The fourth-order valence-corrected chi connectivity index (χ4v) is 2.23. The molecule has 0 aliphatic heterocycles. The lowest BCUT2D eigenvalue weighted by Crippen LogP contribution is -2.36. The molecule has 0 spiro atoms. The normalized spacial score (nSPS) is 11.6. The molecule has 0 aliphatic rings. The van der Waals surface area contributed by atoms with Crippen LogP contribution in [0.15, 0.2) is 12.1 Å². The van der Waals surface area contributed by atoms with Gasteiger partial charge in [-0.1, -0.05) is 19.9 Å². The molecule has 1 aromatic carbocycles. The van der Waals surface area contributed by atoms with Crippen LogP contribution >= 0.6 is 0 Å². The molecule has 0 fully saturated rings. The number of methoxy groups -OCH3 is 1. The van der Waals surface area contributed by atoms with E-state index in [2.05, 4.69) is 39.1 Å². The minimum absolute atomic E-state index is 0.0699. The lowest BCUT2D eigenvalue weighted by molar-refractivity contribution is 0.409. The zero-order chi connectivity index (χ0) is 13.1. The summed E-state index contributed by atoms with van der Waals surface area (Å²) >= 11 is 0. The van der Waals surface area contributed by atoms with Crippen LogP contribution in [0.1, 0.15) is 30.5 Å². The molecule has 1 rings (SSSR count). The van der Waals surface area contributed by atoms with Gasteiger partial charge in [0, 0.05) is 18.6 Å². The van der Waals surface area contributed by atoms with Crippen molar-refractivity contribution in [3.8, 4) is 5.75 Å². The lowest BCUT2D eigenvalue weighted by Gasteiger charge is -2.28. The van der Waals surface area contributed by atoms with Crippen molar-refractivity contribution in [2.24, 2.45) is 5.73 Å².